The quantitative estimate of drug-likeness (QED) is 0.801. The Morgan fingerprint density at radius 2 is 2.53 bits per heavy atom. The number of fused-ring (bicyclic) bond motifs is 1. The molecule has 1 atom stereocenters. The zero-order valence-corrected chi connectivity index (χ0v) is 10.3. The van der Waals surface area contributed by atoms with Gasteiger partial charge in [-0.3, -0.25) is 4.79 Å². The van der Waals surface area contributed by atoms with Crippen LogP contribution in [0.1, 0.15) is 12.8 Å². The summed E-state index contributed by atoms with van der Waals surface area (Å²) >= 11 is 1.52. The van der Waals surface area contributed by atoms with E-state index in [2.05, 4.69) is 4.98 Å². The molecule has 1 aromatic heterocycles. The molecule has 3 rings (SSSR count). The molecule has 0 radical (unpaired) electrons. The first-order valence-electron chi connectivity index (χ1n) is 5.84. The molecule has 90 valence electrons. The number of aromatic nitrogens is 1. The van der Waals surface area contributed by atoms with Crippen LogP contribution in [0.25, 0.3) is 0 Å². The molecule has 0 bridgehead atoms. The van der Waals surface area contributed by atoms with Gasteiger partial charge in [0.25, 0.3) is 0 Å². The van der Waals surface area contributed by atoms with Crippen LogP contribution in [0.3, 0.4) is 0 Å². The summed E-state index contributed by atoms with van der Waals surface area (Å²) in [5.41, 5.74) is 0.934. The van der Waals surface area contributed by atoms with Crippen molar-refractivity contribution in [2.75, 3.05) is 23.8 Å². The Morgan fingerprint density at radius 3 is 3.35 bits per heavy atom. The monoisotopic (exact) mass is 250 g/mol. The number of carbonyl (C=O) groups is 1. The highest BCUT2D eigenvalue weighted by Crippen LogP contribution is 2.33. The van der Waals surface area contributed by atoms with Gasteiger partial charge in [-0.2, -0.15) is 0 Å². The van der Waals surface area contributed by atoms with Gasteiger partial charge in [-0.1, -0.05) is 11.8 Å². The molecule has 17 heavy (non-hydrogen) atoms. The largest absolute Gasteiger partial charge is 0.376 e. The maximum absolute atomic E-state index is 12.0. The molecular weight excluding hydrogens is 236 g/mol. The second-order valence-electron chi connectivity index (χ2n) is 4.26. The first-order valence-corrected chi connectivity index (χ1v) is 6.83. The van der Waals surface area contributed by atoms with E-state index in [4.69, 9.17) is 4.74 Å². The fraction of sp³-hybridized carbons (Fsp3) is 0.500. The topological polar surface area (TPSA) is 42.4 Å². The van der Waals surface area contributed by atoms with E-state index in [0.717, 1.165) is 30.2 Å². The molecule has 0 saturated carbocycles. The van der Waals surface area contributed by atoms with Crippen LogP contribution in [0.4, 0.5) is 5.69 Å². The predicted molar refractivity (Wildman–Crippen MR) is 66.3 cm³/mol. The van der Waals surface area contributed by atoms with Crippen molar-refractivity contribution < 1.29 is 9.53 Å². The lowest BCUT2D eigenvalue weighted by Crippen LogP contribution is -2.40. The van der Waals surface area contributed by atoms with Crippen molar-refractivity contribution in [3.05, 3.63) is 18.3 Å². The van der Waals surface area contributed by atoms with Crippen molar-refractivity contribution in [2.24, 2.45) is 0 Å². The highest BCUT2D eigenvalue weighted by Gasteiger charge is 2.29. The summed E-state index contributed by atoms with van der Waals surface area (Å²) in [6.07, 6.45) is 4.11. The Labute approximate surface area is 104 Å². The van der Waals surface area contributed by atoms with Crippen LogP contribution in [0.2, 0.25) is 0 Å². The summed E-state index contributed by atoms with van der Waals surface area (Å²) in [6, 6.07) is 3.84. The summed E-state index contributed by atoms with van der Waals surface area (Å²) in [7, 11) is 0. The number of carbonyl (C=O) groups excluding carboxylic acids is 1. The number of amides is 1. The lowest BCUT2D eigenvalue weighted by atomic mass is 10.2. The third-order valence-electron chi connectivity index (χ3n) is 3.09. The average molecular weight is 250 g/mol. The number of thioether (sulfide) groups is 1. The lowest BCUT2D eigenvalue weighted by Gasteiger charge is -2.29. The van der Waals surface area contributed by atoms with Crippen LogP contribution in [0, 0.1) is 0 Å². The number of pyridine rings is 1. The van der Waals surface area contributed by atoms with Gasteiger partial charge in [-0.25, -0.2) is 4.98 Å². The van der Waals surface area contributed by atoms with Crippen molar-refractivity contribution in [2.45, 2.75) is 24.0 Å². The van der Waals surface area contributed by atoms with Gasteiger partial charge >= 0.3 is 0 Å². The van der Waals surface area contributed by atoms with Crippen molar-refractivity contribution in [1.82, 2.24) is 4.98 Å². The molecule has 0 aromatic carbocycles. The molecule has 0 spiro atoms. The number of anilines is 1. The Hall–Kier alpha value is -1.07. The molecule has 1 fully saturated rings. The highest BCUT2D eigenvalue weighted by atomic mass is 32.2. The van der Waals surface area contributed by atoms with Crippen molar-refractivity contribution in [1.29, 1.82) is 0 Å². The molecule has 5 heteroatoms. The maximum atomic E-state index is 12.0. The van der Waals surface area contributed by atoms with Gasteiger partial charge in [-0.05, 0) is 25.0 Å². The Kier molecular flexibility index (Phi) is 3.03. The van der Waals surface area contributed by atoms with Crippen LogP contribution in [-0.4, -0.2) is 35.9 Å². The third kappa shape index (κ3) is 2.17. The van der Waals surface area contributed by atoms with Crippen LogP contribution < -0.4 is 4.90 Å². The summed E-state index contributed by atoms with van der Waals surface area (Å²) < 4.78 is 5.60. The molecule has 4 nitrogen and oxygen atoms in total. The highest BCUT2D eigenvalue weighted by molar-refractivity contribution is 8.00. The minimum Gasteiger partial charge on any atom is -0.376 e. The zero-order valence-electron chi connectivity index (χ0n) is 9.46. The van der Waals surface area contributed by atoms with Crippen LogP contribution in [0.15, 0.2) is 23.4 Å². The maximum Gasteiger partial charge on any atom is 0.237 e. The van der Waals surface area contributed by atoms with Crippen LogP contribution in [-0.2, 0) is 9.53 Å². The predicted octanol–water partition coefficient (Wildman–Crippen LogP) is 1.70. The molecule has 3 heterocycles. The van der Waals surface area contributed by atoms with E-state index in [1.54, 1.807) is 6.20 Å². The normalized spacial score (nSPS) is 23.9. The van der Waals surface area contributed by atoms with Crippen LogP contribution in [0.5, 0.6) is 0 Å². The molecular formula is C12H14N2O2S. The summed E-state index contributed by atoms with van der Waals surface area (Å²) in [5.74, 6) is 0.641. The van der Waals surface area contributed by atoms with E-state index in [0.29, 0.717) is 12.3 Å². The van der Waals surface area contributed by atoms with Gasteiger partial charge in [0.1, 0.15) is 5.03 Å². The Bertz CT molecular complexity index is 432. The number of hydrogen-bond acceptors (Lipinski definition) is 4. The molecule has 1 unspecified atom stereocenters. The van der Waals surface area contributed by atoms with Crippen molar-refractivity contribution in [3.8, 4) is 0 Å². The smallest absolute Gasteiger partial charge is 0.237 e. The van der Waals surface area contributed by atoms with E-state index in [1.807, 2.05) is 17.0 Å². The number of nitrogens with zero attached hydrogens (tertiary/aromatic N) is 2. The van der Waals surface area contributed by atoms with E-state index in [9.17, 15) is 4.79 Å². The molecule has 1 aromatic rings. The molecule has 2 aliphatic rings. The molecule has 1 amide bonds. The lowest BCUT2D eigenvalue weighted by molar-refractivity contribution is -0.116. The van der Waals surface area contributed by atoms with E-state index >= 15 is 0 Å². The minimum atomic E-state index is 0.158. The molecule has 0 N–H and O–H groups in total. The van der Waals surface area contributed by atoms with Gasteiger partial charge in [0.05, 0.1) is 24.1 Å². The van der Waals surface area contributed by atoms with Gasteiger partial charge < -0.3 is 9.64 Å². The fourth-order valence-electron chi connectivity index (χ4n) is 2.23. The molecule has 2 aliphatic heterocycles. The van der Waals surface area contributed by atoms with Gasteiger partial charge in [-0.15, -0.1) is 0 Å². The average Bonchev–Trinajstić information content (AvgIpc) is 2.86. The number of ether oxygens (including phenoxy) is 1. The van der Waals surface area contributed by atoms with Crippen LogP contribution >= 0.6 is 11.8 Å². The minimum absolute atomic E-state index is 0.158. The number of hydrogen-bond donors (Lipinski definition) is 0. The molecule has 0 aliphatic carbocycles. The second-order valence-corrected chi connectivity index (χ2v) is 5.22. The summed E-state index contributed by atoms with van der Waals surface area (Å²) in [6.45, 7) is 1.49. The SMILES string of the molecule is O=C1CSc2ncccc2N1CC1CCCO1. The number of rotatable bonds is 2. The Balaban J connectivity index is 1.84. The van der Waals surface area contributed by atoms with Crippen molar-refractivity contribution in [3.63, 3.8) is 0 Å². The van der Waals surface area contributed by atoms with Gasteiger partial charge in [0, 0.05) is 12.8 Å². The second kappa shape index (κ2) is 4.66. The standard InChI is InChI=1S/C12H14N2O2S/c15-11-8-17-12-10(4-1-5-13-12)14(11)7-9-3-2-6-16-9/h1,4-5,9H,2-3,6-8H2. The van der Waals surface area contributed by atoms with E-state index in [1.165, 1.54) is 11.8 Å². The Morgan fingerprint density at radius 1 is 1.59 bits per heavy atom. The van der Waals surface area contributed by atoms with Gasteiger partial charge in [0.15, 0.2) is 0 Å². The van der Waals surface area contributed by atoms with Crippen molar-refractivity contribution >= 4 is 23.4 Å². The first kappa shape index (κ1) is 11.0. The summed E-state index contributed by atoms with van der Waals surface area (Å²) in [4.78, 5) is 18.1. The molecule has 1 saturated heterocycles. The van der Waals surface area contributed by atoms with Gasteiger partial charge in [0.2, 0.25) is 5.91 Å². The zero-order chi connectivity index (χ0) is 11.7. The summed E-state index contributed by atoms with van der Waals surface area (Å²) in [5, 5.41) is 0.949. The van der Waals surface area contributed by atoms with E-state index in [-0.39, 0.29) is 12.0 Å². The van der Waals surface area contributed by atoms with E-state index < -0.39 is 0 Å². The first-order chi connectivity index (χ1) is 8.34. The third-order valence-corrected chi connectivity index (χ3v) is 4.06. The fourth-order valence-corrected chi connectivity index (χ4v) is 3.11.